The molecule has 0 saturated heterocycles. The number of rotatable bonds is 4. The van der Waals surface area contributed by atoms with E-state index < -0.39 is 0 Å². The number of hydrogen-bond acceptors (Lipinski definition) is 2. The molecular formula is C17H24ClN3O. The third-order valence-electron chi connectivity index (χ3n) is 6.05. The molecule has 1 atom stereocenters. The summed E-state index contributed by atoms with van der Waals surface area (Å²) in [4.78, 5) is 12.6. The van der Waals surface area contributed by atoms with E-state index in [1.165, 1.54) is 32.1 Å². The molecule has 22 heavy (non-hydrogen) atoms. The maximum absolute atomic E-state index is 12.6. The van der Waals surface area contributed by atoms with Crippen LogP contribution in [0, 0.1) is 29.6 Å². The number of nitrogens with zero attached hydrogens (tertiary/aromatic N) is 2. The summed E-state index contributed by atoms with van der Waals surface area (Å²) in [5.74, 6) is 3.44. The molecule has 4 nitrogen and oxygen atoms in total. The first-order chi connectivity index (χ1) is 10.6. The normalized spacial score (nSPS) is 37.3. The lowest BCUT2D eigenvalue weighted by Gasteiger charge is -2.54. The Morgan fingerprint density at radius 2 is 1.95 bits per heavy atom. The largest absolute Gasteiger partial charge is 0.353 e. The highest BCUT2D eigenvalue weighted by Gasteiger charge is 2.48. The molecule has 4 aliphatic carbocycles. The second kappa shape index (κ2) is 5.55. The molecule has 0 aromatic carbocycles. The van der Waals surface area contributed by atoms with E-state index in [0.29, 0.717) is 17.6 Å². The van der Waals surface area contributed by atoms with Crippen LogP contribution in [-0.4, -0.2) is 21.7 Å². The Bertz CT molecular complexity index is 542. The Morgan fingerprint density at radius 1 is 1.32 bits per heavy atom. The van der Waals surface area contributed by atoms with Crippen LogP contribution in [0.2, 0.25) is 5.02 Å². The first kappa shape index (κ1) is 14.6. The first-order valence-corrected chi connectivity index (χ1v) is 8.94. The topological polar surface area (TPSA) is 46.9 Å². The summed E-state index contributed by atoms with van der Waals surface area (Å²) in [6.45, 7) is 2.56. The molecule has 4 aliphatic rings. The summed E-state index contributed by atoms with van der Waals surface area (Å²) < 4.78 is 1.75. The van der Waals surface area contributed by atoms with E-state index in [0.717, 1.165) is 23.7 Å². The van der Waals surface area contributed by atoms with Crippen molar-refractivity contribution in [2.75, 3.05) is 0 Å². The van der Waals surface area contributed by atoms with Crippen LogP contribution in [0.1, 0.15) is 39.0 Å². The number of nitrogens with one attached hydrogen (secondary N) is 1. The summed E-state index contributed by atoms with van der Waals surface area (Å²) in [6.07, 6.45) is 10.2. The fourth-order valence-corrected chi connectivity index (χ4v) is 5.43. The molecule has 1 N–H and O–H groups in total. The minimum atomic E-state index is -0.0758. The number of halogens is 1. The maximum atomic E-state index is 12.6. The van der Waals surface area contributed by atoms with Crippen molar-refractivity contribution >= 4 is 17.5 Å². The molecule has 0 spiro atoms. The van der Waals surface area contributed by atoms with Gasteiger partial charge < -0.3 is 5.32 Å². The molecule has 0 aliphatic heterocycles. The van der Waals surface area contributed by atoms with Crippen molar-refractivity contribution in [3.8, 4) is 0 Å². The highest BCUT2D eigenvalue weighted by atomic mass is 35.5. The number of amides is 1. The maximum Gasteiger partial charge on any atom is 0.224 e. The van der Waals surface area contributed by atoms with Crippen LogP contribution in [0.25, 0.3) is 0 Å². The number of carbonyl (C=O) groups is 1. The number of carbonyl (C=O) groups excluding carboxylic acids is 1. The predicted octanol–water partition coefficient (Wildman–Crippen LogP) is 3.11. The van der Waals surface area contributed by atoms with Crippen LogP contribution in [0.5, 0.6) is 0 Å². The van der Waals surface area contributed by atoms with Gasteiger partial charge in [0.25, 0.3) is 0 Å². The third kappa shape index (κ3) is 2.66. The molecule has 1 unspecified atom stereocenters. The summed E-state index contributed by atoms with van der Waals surface area (Å²) in [5, 5.41) is 8.16. The monoisotopic (exact) mass is 321 g/mol. The molecule has 4 bridgehead atoms. The van der Waals surface area contributed by atoms with Crippen molar-refractivity contribution in [3.05, 3.63) is 17.4 Å². The Kier molecular flexibility index (Phi) is 3.67. The fourth-order valence-electron chi connectivity index (χ4n) is 5.27. The fraction of sp³-hybridized carbons (Fsp3) is 0.765. The molecule has 120 valence electrons. The molecule has 5 heteroatoms. The van der Waals surface area contributed by atoms with Gasteiger partial charge >= 0.3 is 0 Å². The Morgan fingerprint density at radius 3 is 2.50 bits per heavy atom. The smallest absolute Gasteiger partial charge is 0.224 e. The van der Waals surface area contributed by atoms with Gasteiger partial charge in [-0.2, -0.15) is 5.10 Å². The zero-order chi connectivity index (χ0) is 15.3. The van der Waals surface area contributed by atoms with Crippen LogP contribution in [0.15, 0.2) is 12.4 Å². The van der Waals surface area contributed by atoms with Gasteiger partial charge in [-0.1, -0.05) is 18.5 Å². The van der Waals surface area contributed by atoms with Crippen molar-refractivity contribution in [1.29, 1.82) is 0 Å². The first-order valence-electron chi connectivity index (χ1n) is 8.57. The third-order valence-corrected chi connectivity index (χ3v) is 6.24. The van der Waals surface area contributed by atoms with Crippen molar-refractivity contribution < 1.29 is 4.79 Å². The van der Waals surface area contributed by atoms with Gasteiger partial charge in [-0.3, -0.25) is 9.48 Å². The summed E-state index contributed by atoms with van der Waals surface area (Å²) >= 11 is 5.88. The minimum Gasteiger partial charge on any atom is -0.353 e. The van der Waals surface area contributed by atoms with Crippen molar-refractivity contribution in [3.63, 3.8) is 0 Å². The van der Waals surface area contributed by atoms with Crippen LogP contribution in [0.4, 0.5) is 0 Å². The second-order valence-corrected chi connectivity index (χ2v) is 8.18. The average molecular weight is 322 g/mol. The highest BCUT2D eigenvalue weighted by molar-refractivity contribution is 6.30. The highest BCUT2D eigenvalue weighted by Crippen LogP contribution is 2.53. The van der Waals surface area contributed by atoms with Gasteiger partial charge in [0.05, 0.1) is 23.7 Å². The van der Waals surface area contributed by atoms with Gasteiger partial charge in [0.2, 0.25) is 5.91 Å². The molecule has 4 fully saturated rings. The van der Waals surface area contributed by atoms with Crippen molar-refractivity contribution in [2.45, 2.75) is 51.6 Å². The predicted molar refractivity (Wildman–Crippen MR) is 85.4 cm³/mol. The van der Waals surface area contributed by atoms with Crippen LogP contribution in [-0.2, 0) is 11.3 Å². The lowest BCUT2D eigenvalue weighted by molar-refractivity contribution is -0.129. The molecule has 1 aromatic heterocycles. The zero-order valence-corrected chi connectivity index (χ0v) is 13.8. The van der Waals surface area contributed by atoms with Crippen LogP contribution in [0.3, 0.4) is 0 Å². The Hall–Kier alpha value is -1.03. The molecule has 0 radical (unpaired) electrons. The van der Waals surface area contributed by atoms with Gasteiger partial charge in [0.15, 0.2) is 0 Å². The molecule has 1 aromatic rings. The van der Waals surface area contributed by atoms with E-state index >= 15 is 0 Å². The molecule has 1 amide bonds. The van der Waals surface area contributed by atoms with Crippen LogP contribution >= 0.6 is 11.6 Å². The van der Waals surface area contributed by atoms with E-state index in [9.17, 15) is 4.79 Å². The lowest BCUT2D eigenvalue weighted by Crippen LogP contribution is -2.56. The van der Waals surface area contributed by atoms with E-state index in [-0.39, 0.29) is 11.8 Å². The summed E-state index contributed by atoms with van der Waals surface area (Å²) in [7, 11) is 0. The zero-order valence-electron chi connectivity index (χ0n) is 13.0. The van der Waals surface area contributed by atoms with Gasteiger partial charge in [0, 0.05) is 12.2 Å². The lowest BCUT2D eigenvalue weighted by atomic mass is 9.54. The van der Waals surface area contributed by atoms with Gasteiger partial charge in [-0.25, -0.2) is 0 Å². The molecule has 4 saturated carbocycles. The van der Waals surface area contributed by atoms with E-state index in [1.54, 1.807) is 17.1 Å². The quantitative estimate of drug-likeness (QED) is 0.926. The second-order valence-electron chi connectivity index (χ2n) is 7.75. The van der Waals surface area contributed by atoms with Gasteiger partial charge in [-0.15, -0.1) is 0 Å². The minimum absolute atomic E-state index is 0.0758. The molecule has 1 heterocycles. The van der Waals surface area contributed by atoms with Crippen LogP contribution < -0.4 is 5.32 Å². The Labute approximate surface area is 136 Å². The standard InChI is InChI=1S/C17H24ClN3O/c1-10(8-21-9-15(18)7-19-21)17(22)20-16-13-3-11-2-12(5-13)6-14(16)4-11/h7,9-14,16H,2-6,8H2,1H3,(H,20,22). The summed E-state index contributed by atoms with van der Waals surface area (Å²) in [5.41, 5.74) is 0. The van der Waals surface area contributed by atoms with E-state index in [1.807, 2.05) is 6.92 Å². The molecular weight excluding hydrogens is 298 g/mol. The van der Waals surface area contributed by atoms with Gasteiger partial charge in [-0.05, 0) is 55.8 Å². The molecule has 5 rings (SSSR count). The number of aromatic nitrogens is 2. The van der Waals surface area contributed by atoms with Gasteiger partial charge in [0.1, 0.15) is 0 Å². The SMILES string of the molecule is CC(Cn1cc(Cl)cn1)C(=O)NC1C2CC3CC(C2)CC1C3. The van der Waals surface area contributed by atoms with Crippen molar-refractivity contribution in [2.24, 2.45) is 29.6 Å². The average Bonchev–Trinajstić information content (AvgIpc) is 2.87. The summed E-state index contributed by atoms with van der Waals surface area (Å²) in [6, 6.07) is 0.420. The van der Waals surface area contributed by atoms with E-state index in [4.69, 9.17) is 11.6 Å². The van der Waals surface area contributed by atoms with Crippen molar-refractivity contribution in [1.82, 2.24) is 15.1 Å². The van der Waals surface area contributed by atoms with E-state index in [2.05, 4.69) is 10.4 Å². The Balaban J connectivity index is 1.37. The number of hydrogen-bond donors (Lipinski definition) is 1.